The molecule has 0 unspecified atom stereocenters. The second kappa shape index (κ2) is 9.19. The second-order valence-corrected chi connectivity index (χ2v) is 6.36. The summed E-state index contributed by atoms with van der Waals surface area (Å²) < 4.78 is 5.28. The van der Waals surface area contributed by atoms with E-state index in [9.17, 15) is 14.4 Å². The van der Waals surface area contributed by atoms with Crippen molar-refractivity contribution in [3.63, 3.8) is 0 Å². The fourth-order valence-corrected chi connectivity index (χ4v) is 2.74. The summed E-state index contributed by atoms with van der Waals surface area (Å²) in [5.74, 6) is -0.101. The van der Waals surface area contributed by atoms with Crippen LogP contribution in [0.1, 0.15) is 30.6 Å². The van der Waals surface area contributed by atoms with Crippen LogP contribution >= 0.6 is 11.6 Å². The van der Waals surface area contributed by atoms with Crippen molar-refractivity contribution in [1.82, 2.24) is 0 Å². The highest BCUT2D eigenvalue weighted by atomic mass is 35.5. The van der Waals surface area contributed by atoms with Gasteiger partial charge in [0.1, 0.15) is 5.75 Å². The number of anilines is 2. The first-order valence-electron chi connectivity index (χ1n) is 8.34. The number of amides is 2. The van der Waals surface area contributed by atoms with Gasteiger partial charge >= 0.3 is 0 Å². The summed E-state index contributed by atoms with van der Waals surface area (Å²) in [6, 6.07) is 11.6. The van der Waals surface area contributed by atoms with Crippen LogP contribution in [0.2, 0.25) is 5.02 Å². The summed E-state index contributed by atoms with van der Waals surface area (Å²) in [6.45, 7) is 3.03. The molecule has 2 amide bonds. The average Bonchev–Trinajstić information content (AvgIpc) is 2.62. The van der Waals surface area contributed by atoms with Gasteiger partial charge in [-0.3, -0.25) is 14.4 Å². The molecular formula is C20H21ClN2O4. The highest BCUT2D eigenvalue weighted by Crippen LogP contribution is 2.31. The van der Waals surface area contributed by atoms with E-state index < -0.39 is 0 Å². The smallest absolute Gasteiger partial charge is 0.226 e. The van der Waals surface area contributed by atoms with E-state index in [1.165, 1.54) is 25.9 Å². The average molecular weight is 389 g/mol. The fourth-order valence-electron chi connectivity index (χ4n) is 2.57. The zero-order chi connectivity index (χ0) is 20.0. The minimum atomic E-state index is -0.275. The van der Waals surface area contributed by atoms with Crippen LogP contribution in [-0.4, -0.2) is 31.3 Å². The molecule has 1 N–H and O–H groups in total. The van der Waals surface area contributed by atoms with Crippen molar-refractivity contribution < 1.29 is 19.1 Å². The Morgan fingerprint density at radius 2 is 1.85 bits per heavy atom. The van der Waals surface area contributed by atoms with Crippen molar-refractivity contribution in [3.05, 3.63) is 53.1 Å². The number of halogens is 1. The Bertz CT molecular complexity index is 867. The third-order valence-electron chi connectivity index (χ3n) is 3.93. The number of nitrogens with one attached hydrogen (secondary N) is 1. The number of nitrogens with zero attached hydrogens (tertiary/aromatic N) is 1. The molecule has 0 fully saturated rings. The fraction of sp³-hybridized carbons (Fsp3) is 0.250. The van der Waals surface area contributed by atoms with E-state index in [2.05, 4.69) is 5.32 Å². The number of benzene rings is 2. The maximum atomic E-state index is 12.3. The molecule has 0 heterocycles. The zero-order valence-corrected chi connectivity index (χ0v) is 16.2. The lowest BCUT2D eigenvalue weighted by Gasteiger charge is -2.23. The minimum absolute atomic E-state index is 0.0690. The Morgan fingerprint density at radius 3 is 2.48 bits per heavy atom. The molecule has 7 heteroatoms. The SMILES string of the molecule is COc1ccc(Cl)cc1N(CCC(=O)Nc1cccc(C(C)=O)c1)C(C)=O. The Balaban J connectivity index is 2.09. The highest BCUT2D eigenvalue weighted by Gasteiger charge is 2.18. The van der Waals surface area contributed by atoms with Gasteiger partial charge in [-0.05, 0) is 37.3 Å². The molecule has 0 aliphatic carbocycles. The van der Waals surface area contributed by atoms with Crippen molar-refractivity contribution in [2.24, 2.45) is 0 Å². The maximum Gasteiger partial charge on any atom is 0.226 e. The minimum Gasteiger partial charge on any atom is -0.495 e. The van der Waals surface area contributed by atoms with Crippen molar-refractivity contribution in [3.8, 4) is 5.75 Å². The van der Waals surface area contributed by atoms with Gasteiger partial charge in [-0.15, -0.1) is 0 Å². The molecule has 0 saturated heterocycles. The number of hydrogen-bond donors (Lipinski definition) is 1. The topological polar surface area (TPSA) is 75.7 Å². The van der Waals surface area contributed by atoms with E-state index in [0.29, 0.717) is 27.7 Å². The quantitative estimate of drug-likeness (QED) is 0.729. The molecular weight excluding hydrogens is 368 g/mol. The van der Waals surface area contributed by atoms with Crippen LogP contribution in [0.3, 0.4) is 0 Å². The zero-order valence-electron chi connectivity index (χ0n) is 15.4. The molecule has 142 valence electrons. The molecule has 0 saturated carbocycles. The summed E-state index contributed by atoms with van der Waals surface area (Å²) in [7, 11) is 1.50. The number of methoxy groups -OCH3 is 1. The van der Waals surface area contributed by atoms with Crippen molar-refractivity contribution in [2.45, 2.75) is 20.3 Å². The predicted molar refractivity (Wildman–Crippen MR) is 106 cm³/mol. The van der Waals surface area contributed by atoms with E-state index in [4.69, 9.17) is 16.3 Å². The number of ketones is 1. The normalized spacial score (nSPS) is 10.2. The summed E-state index contributed by atoms with van der Waals surface area (Å²) in [5.41, 5.74) is 1.55. The molecule has 2 aromatic carbocycles. The van der Waals surface area contributed by atoms with Gasteiger partial charge in [-0.1, -0.05) is 23.7 Å². The Labute approximate surface area is 163 Å². The molecule has 0 aliphatic rings. The van der Waals surface area contributed by atoms with Gasteiger partial charge in [0.2, 0.25) is 11.8 Å². The molecule has 2 aromatic rings. The molecule has 0 bridgehead atoms. The summed E-state index contributed by atoms with van der Waals surface area (Å²) >= 11 is 6.03. The molecule has 0 aliphatic heterocycles. The molecule has 2 rings (SSSR count). The van der Waals surface area contributed by atoms with E-state index in [1.54, 1.807) is 42.5 Å². The second-order valence-electron chi connectivity index (χ2n) is 5.92. The Kier molecular flexibility index (Phi) is 6.96. The summed E-state index contributed by atoms with van der Waals surface area (Å²) in [6.07, 6.45) is 0.0690. The van der Waals surface area contributed by atoms with Crippen molar-refractivity contribution in [2.75, 3.05) is 23.9 Å². The number of Topliss-reactive ketones (excluding diaryl/α,β-unsaturated/α-hetero) is 1. The van der Waals surface area contributed by atoms with Gasteiger partial charge in [0.05, 0.1) is 12.8 Å². The standard InChI is InChI=1S/C20H21ClN2O4/c1-13(24)15-5-4-6-17(11-15)22-20(26)9-10-23(14(2)25)18-12-16(21)7-8-19(18)27-3/h4-8,11-12H,9-10H2,1-3H3,(H,22,26). The van der Waals surface area contributed by atoms with Gasteiger partial charge in [0.15, 0.2) is 5.78 Å². The molecule has 6 nitrogen and oxygen atoms in total. The molecule has 0 atom stereocenters. The van der Waals surface area contributed by atoms with Crippen molar-refractivity contribution >= 4 is 40.6 Å². The van der Waals surface area contributed by atoms with Crippen LogP contribution < -0.4 is 15.0 Å². The first-order valence-corrected chi connectivity index (χ1v) is 8.72. The van der Waals surface area contributed by atoms with Crippen LogP contribution in [0.15, 0.2) is 42.5 Å². The Morgan fingerprint density at radius 1 is 1.11 bits per heavy atom. The summed E-state index contributed by atoms with van der Waals surface area (Å²) in [4.78, 5) is 37.2. The van der Waals surface area contributed by atoms with Gasteiger partial charge in [-0.2, -0.15) is 0 Å². The van der Waals surface area contributed by atoms with Crippen molar-refractivity contribution in [1.29, 1.82) is 0 Å². The first kappa shape index (κ1) is 20.5. The molecule has 27 heavy (non-hydrogen) atoms. The van der Waals surface area contributed by atoms with Gasteiger partial charge in [0, 0.05) is 36.2 Å². The van der Waals surface area contributed by atoms with Crippen LogP contribution in [-0.2, 0) is 9.59 Å². The lowest BCUT2D eigenvalue weighted by Crippen LogP contribution is -2.32. The highest BCUT2D eigenvalue weighted by molar-refractivity contribution is 6.31. The van der Waals surface area contributed by atoms with E-state index >= 15 is 0 Å². The Hall–Kier alpha value is -2.86. The lowest BCUT2D eigenvalue weighted by atomic mass is 10.1. The van der Waals surface area contributed by atoms with E-state index in [1.807, 2.05) is 0 Å². The van der Waals surface area contributed by atoms with E-state index in [0.717, 1.165) is 0 Å². The maximum absolute atomic E-state index is 12.3. The molecule has 0 radical (unpaired) electrons. The largest absolute Gasteiger partial charge is 0.495 e. The summed E-state index contributed by atoms with van der Waals surface area (Å²) in [5, 5.41) is 3.20. The number of carbonyl (C=O) groups excluding carboxylic acids is 3. The van der Waals surface area contributed by atoms with Gasteiger partial charge < -0.3 is 15.0 Å². The van der Waals surface area contributed by atoms with Crippen LogP contribution in [0.25, 0.3) is 0 Å². The number of carbonyl (C=O) groups is 3. The number of ether oxygens (including phenoxy) is 1. The van der Waals surface area contributed by atoms with Crippen LogP contribution in [0, 0.1) is 0 Å². The third-order valence-corrected chi connectivity index (χ3v) is 4.16. The lowest BCUT2D eigenvalue weighted by molar-refractivity contribution is -0.117. The van der Waals surface area contributed by atoms with E-state index in [-0.39, 0.29) is 30.6 Å². The van der Waals surface area contributed by atoms with Crippen LogP contribution in [0.5, 0.6) is 5.75 Å². The first-order chi connectivity index (χ1) is 12.8. The van der Waals surface area contributed by atoms with Crippen LogP contribution in [0.4, 0.5) is 11.4 Å². The predicted octanol–water partition coefficient (Wildman–Crippen LogP) is 3.93. The molecule has 0 spiro atoms. The van der Waals surface area contributed by atoms with Gasteiger partial charge in [-0.25, -0.2) is 0 Å². The number of rotatable bonds is 7. The third kappa shape index (κ3) is 5.56. The molecule has 0 aromatic heterocycles. The van der Waals surface area contributed by atoms with Gasteiger partial charge in [0.25, 0.3) is 0 Å². The monoisotopic (exact) mass is 388 g/mol. The number of hydrogen-bond acceptors (Lipinski definition) is 4.